The number of amides is 1. The maximum atomic E-state index is 13.2. The Hall–Kier alpha value is -2.41. The number of rotatable bonds is 7. The van der Waals surface area contributed by atoms with Gasteiger partial charge in [0.2, 0.25) is 0 Å². The van der Waals surface area contributed by atoms with Gasteiger partial charge in [-0.15, -0.1) is 0 Å². The zero-order chi connectivity index (χ0) is 23.7. The van der Waals surface area contributed by atoms with Crippen molar-refractivity contribution in [1.82, 2.24) is 8.87 Å². The summed E-state index contributed by atoms with van der Waals surface area (Å²) < 4.78 is 55.7. The van der Waals surface area contributed by atoms with Gasteiger partial charge in [-0.1, -0.05) is 17.7 Å². The zero-order valence-corrected chi connectivity index (χ0v) is 19.3. The molecule has 0 radical (unpaired) electrons. The molecule has 1 aliphatic rings. The number of carboxylic acid groups (broad SMARTS) is 1. The van der Waals surface area contributed by atoms with Gasteiger partial charge in [0.25, 0.3) is 20.1 Å². The summed E-state index contributed by atoms with van der Waals surface area (Å²) in [5.41, 5.74) is -0.265. The van der Waals surface area contributed by atoms with Gasteiger partial charge in [-0.2, -0.15) is 8.42 Å². The Morgan fingerprint density at radius 2 is 1.72 bits per heavy atom. The standard InChI is InChI=1S/C20H26N2O8S2/c1-15-5-7-16(8-6-15)32(28,29)22-11-3-4-17(22)18(23)20(14-30-31(2,26)27)9-12-21(13-10-20)19(24)25/h3-8,11,18,23H,9-10,12-14H2,1-2H3,(H,24,25). The lowest BCUT2D eigenvalue weighted by molar-refractivity contribution is -0.0512. The minimum Gasteiger partial charge on any atom is -0.465 e. The van der Waals surface area contributed by atoms with E-state index in [0.717, 1.165) is 20.7 Å². The van der Waals surface area contributed by atoms with Crippen molar-refractivity contribution in [3.05, 3.63) is 53.9 Å². The van der Waals surface area contributed by atoms with E-state index >= 15 is 0 Å². The van der Waals surface area contributed by atoms with Crippen LogP contribution in [0.2, 0.25) is 0 Å². The topological polar surface area (TPSA) is 143 Å². The first-order valence-corrected chi connectivity index (χ1v) is 13.1. The summed E-state index contributed by atoms with van der Waals surface area (Å²) in [6.45, 7) is 1.52. The Labute approximate surface area is 187 Å². The van der Waals surface area contributed by atoms with Gasteiger partial charge in [-0.05, 0) is 44.0 Å². The third-order valence-corrected chi connectivity index (χ3v) is 8.04. The minimum absolute atomic E-state index is 0.0369. The molecule has 10 nitrogen and oxygen atoms in total. The van der Waals surface area contributed by atoms with Crippen molar-refractivity contribution >= 4 is 26.2 Å². The first kappa shape index (κ1) is 24.2. The van der Waals surface area contributed by atoms with Crippen LogP contribution in [0.25, 0.3) is 0 Å². The Kier molecular flexibility index (Phi) is 6.70. The van der Waals surface area contributed by atoms with E-state index in [2.05, 4.69) is 0 Å². The molecule has 1 aromatic carbocycles. The van der Waals surface area contributed by atoms with E-state index in [1.165, 1.54) is 30.5 Å². The molecule has 1 atom stereocenters. The number of aryl methyl sites for hydroxylation is 1. The Morgan fingerprint density at radius 1 is 1.12 bits per heavy atom. The van der Waals surface area contributed by atoms with Crippen molar-refractivity contribution in [2.75, 3.05) is 26.0 Å². The van der Waals surface area contributed by atoms with Gasteiger partial charge in [0.15, 0.2) is 0 Å². The first-order chi connectivity index (χ1) is 14.9. The number of likely N-dealkylation sites (tertiary alicyclic amines) is 1. The molecule has 0 spiro atoms. The normalized spacial score (nSPS) is 17.8. The second-order valence-electron chi connectivity index (χ2n) is 8.05. The van der Waals surface area contributed by atoms with Crippen LogP contribution >= 0.6 is 0 Å². The average molecular weight is 487 g/mol. The third kappa shape index (κ3) is 4.98. The van der Waals surface area contributed by atoms with Crippen molar-refractivity contribution in [3.8, 4) is 0 Å². The fraction of sp³-hybridized carbons (Fsp3) is 0.450. The largest absolute Gasteiger partial charge is 0.465 e. The van der Waals surface area contributed by atoms with Crippen LogP contribution in [0.3, 0.4) is 0 Å². The SMILES string of the molecule is Cc1ccc(S(=O)(=O)n2cccc2C(O)C2(COS(C)(=O)=O)CCN(C(=O)O)CC2)cc1. The zero-order valence-electron chi connectivity index (χ0n) is 17.7. The third-order valence-electron chi connectivity index (χ3n) is 5.77. The highest BCUT2D eigenvalue weighted by Crippen LogP contribution is 2.44. The summed E-state index contributed by atoms with van der Waals surface area (Å²) in [5.74, 6) is 0. The molecule has 3 rings (SSSR count). The molecule has 0 aliphatic carbocycles. The quantitative estimate of drug-likeness (QED) is 0.564. The number of carbonyl (C=O) groups is 1. The monoisotopic (exact) mass is 486 g/mol. The molecule has 1 unspecified atom stereocenters. The number of aliphatic hydroxyl groups is 1. The van der Waals surface area contributed by atoms with E-state index in [-0.39, 0.29) is 36.5 Å². The van der Waals surface area contributed by atoms with Crippen LogP contribution in [0.15, 0.2) is 47.5 Å². The summed E-state index contributed by atoms with van der Waals surface area (Å²) in [6, 6.07) is 9.18. The smallest absolute Gasteiger partial charge is 0.407 e. The van der Waals surface area contributed by atoms with Crippen molar-refractivity contribution in [1.29, 1.82) is 0 Å². The van der Waals surface area contributed by atoms with Crippen molar-refractivity contribution < 1.29 is 36.0 Å². The molecular weight excluding hydrogens is 460 g/mol. The molecule has 0 saturated carbocycles. The van der Waals surface area contributed by atoms with Gasteiger partial charge in [-0.3, -0.25) is 4.18 Å². The van der Waals surface area contributed by atoms with Crippen molar-refractivity contribution in [2.24, 2.45) is 5.41 Å². The molecule has 2 heterocycles. The Morgan fingerprint density at radius 3 is 2.25 bits per heavy atom. The molecule has 1 fully saturated rings. The van der Waals surface area contributed by atoms with Gasteiger partial charge >= 0.3 is 6.09 Å². The number of benzene rings is 1. The van der Waals surface area contributed by atoms with E-state index in [0.29, 0.717) is 0 Å². The van der Waals surface area contributed by atoms with E-state index in [9.17, 15) is 31.8 Å². The highest BCUT2D eigenvalue weighted by molar-refractivity contribution is 7.90. The van der Waals surface area contributed by atoms with Gasteiger partial charge < -0.3 is 15.1 Å². The van der Waals surface area contributed by atoms with Gasteiger partial charge in [0.05, 0.1) is 23.5 Å². The fourth-order valence-electron chi connectivity index (χ4n) is 3.81. The van der Waals surface area contributed by atoms with Crippen molar-refractivity contribution in [2.45, 2.75) is 30.8 Å². The number of hydrogen-bond donors (Lipinski definition) is 2. The summed E-state index contributed by atoms with van der Waals surface area (Å²) >= 11 is 0. The molecule has 1 amide bonds. The van der Waals surface area contributed by atoms with Crippen LogP contribution in [0.4, 0.5) is 4.79 Å². The van der Waals surface area contributed by atoms with Gasteiger partial charge in [0.1, 0.15) is 6.10 Å². The number of aliphatic hydroxyl groups excluding tert-OH is 1. The molecule has 1 aliphatic heterocycles. The maximum Gasteiger partial charge on any atom is 0.407 e. The maximum absolute atomic E-state index is 13.2. The lowest BCUT2D eigenvalue weighted by Crippen LogP contribution is -2.48. The second-order valence-corrected chi connectivity index (χ2v) is 11.5. The predicted octanol–water partition coefficient (Wildman–Crippen LogP) is 1.80. The summed E-state index contributed by atoms with van der Waals surface area (Å²) in [4.78, 5) is 12.5. The molecule has 1 saturated heterocycles. The molecule has 2 N–H and O–H groups in total. The fourth-order valence-corrected chi connectivity index (χ4v) is 5.64. The molecule has 0 bridgehead atoms. The lowest BCUT2D eigenvalue weighted by Gasteiger charge is -2.43. The number of hydrogen-bond acceptors (Lipinski definition) is 7. The average Bonchev–Trinajstić information content (AvgIpc) is 3.22. The summed E-state index contributed by atoms with van der Waals surface area (Å²) in [6.07, 6.45) is -0.176. The predicted molar refractivity (Wildman–Crippen MR) is 115 cm³/mol. The number of nitrogens with zero attached hydrogens (tertiary/aromatic N) is 2. The molecule has 32 heavy (non-hydrogen) atoms. The summed E-state index contributed by atoms with van der Waals surface area (Å²) in [5, 5.41) is 20.6. The van der Waals surface area contributed by atoms with Crippen LogP contribution in [0, 0.1) is 12.3 Å². The Bertz CT molecular complexity index is 1180. The molecular formula is C20H26N2O8S2. The van der Waals surface area contributed by atoms with Crippen LogP contribution in [0.5, 0.6) is 0 Å². The molecule has 176 valence electrons. The second kappa shape index (κ2) is 8.85. The van der Waals surface area contributed by atoms with E-state index in [1.807, 2.05) is 6.92 Å². The molecule has 12 heteroatoms. The Balaban J connectivity index is 1.99. The van der Waals surface area contributed by atoms with E-state index in [4.69, 9.17) is 4.18 Å². The van der Waals surface area contributed by atoms with Gasteiger partial charge in [0, 0.05) is 24.7 Å². The van der Waals surface area contributed by atoms with Crippen LogP contribution in [0.1, 0.15) is 30.2 Å². The van der Waals surface area contributed by atoms with E-state index in [1.54, 1.807) is 12.1 Å². The number of piperidine rings is 1. The van der Waals surface area contributed by atoms with Crippen LogP contribution in [-0.2, 0) is 24.3 Å². The first-order valence-electron chi connectivity index (χ1n) is 9.86. The molecule has 2 aromatic rings. The van der Waals surface area contributed by atoms with Crippen LogP contribution in [-0.4, -0.2) is 68.0 Å². The highest BCUT2D eigenvalue weighted by atomic mass is 32.2. The van der Waals surface area contributed by atoms with Crippen LogP contribution < -0.4 is 0 Å². The minimum atomic E-state index is -4.03. The molecule has 1 aromatic heterocycles. The summed E-state index contributed by atoms with van der Waals surface area (Å²) in [7, 11) is -7.87. The van der Waals surface area contributed by atoms with Gasteiger partial charge in [-0.25, -0.2) is 17.2 Å². The van der Waals surface area contributed by atoms with Crippen molar-refractivity contribution in [3.63, 3.8) is 0 Å². The highest BCUT2D eigenvalue weighted by Gasteiger charge is 2.45. The lowest BCUT2D eigenvalue weighted by atomic mass is 9.73. The van der Waals surface area contributed by atoms with E-state index < -0.39 is 44.4 Å². The number of aromatic nitrogens is 1.